The summed E-state index contributed by atoms with van der Waals surface area (Å²) >= 11 is 0. The van der Waals surface area contributed by atoms with Crippen LogP contribution < -0.4 is 0 Å². The van der Waals surface area contributed by atoms with Gasteiger partial charge in [-0.3, -0.25) is 4.79 Å². The lowest BCUT2D eigenvalue weighted by Crippen LogP contribution is -2.35. The fourth-order valence-corrected chi connectivity index (χ4v) is 6.64. The Kier molecular flexibility index (Phi) is 8.26. The van der Waals surface area contributed by atoms with E-state index in [9.17, 15) is 15.0 Å². The van der Waals surface area contributed by atoms with Gasteiger partial charge in [0.15, 0.2) is 0 Å². The van der Waals surface area contributed by atoms with Crippen LogP contribution in [0.15, 0.2) is 72.3 Å². The van der Waals surface area contributed by atoms with Gasteiger partial charge in [0.05, 0.1) is 12.2 Å². The third-order valence-electron chi connectivity index (χ3n) is 8.58. The van der Waals surface area contributed by atoms with Gasteiger partial charge in [0.1, 0.15) is 0 Å². The first kappa shape index (κ1) is 25.9. The molecule has 0 radical (unpaired) electrons. The molecular weight excluding hydrogens is 458 g/mol. The number of piperidine rings is 1. The lowest BCUT2D eigenvalue weighted by atomic mass is 9.88. The molecule has 1 saturated carbocycles. The Balaban J connectivity index is 1.15. The summed E-state index contributed by atoms with van der Waals surface area (Å²) in [6.07, 6.45) is 13.3. The van der Waals surface area contributed by atoms with Gasteiger partial charge in [0, 0.05) is 31.0 Å². The Morgan fingerprint density at radius 2 is 1.84 bits per heavy atom. The molecule has 0 unspecified atom stereocenters. The number of hydrogen-bond donors (Lipinski definition) is 2. The van der Waals surface area contributed by atoms with Crippen LogP contribution in [-0.2, 0) is 12.8 Å². The molecule has 0 bridgehead atoms. The number of fused-ring (bicyclic) bond motifs is 1. The van der Waals surface area contributed by atoms with Crippen LogP contribution in [0.5, 0.6) is 0 Å². The van der Waals surface area contributed by atoms with Crippen molar-refractivity contribution in [2.75, 3.05) is 13.1 Å². The smallest absolute Gasteiger partial charge is 0.253 e. The van der Waals surface area contributed by atoms with E-state index in [4.69, 9.17) is 0 Å². The average Bonchev–Trinajstić information content (AvgIpc) is 3.42. The number of allylic oxidation sites excluding steroid dienone is 2. The molecule has 2 N–H and O–H groups in total. The molecule has 196 valence electrons. The maximum absolute atomic E-state index is 12.9. The van der Waals surface area contributed by atoms with Gasteiger partial charge in [-0.05, 0) is 87.0 Å². The monoisotopic (exact) mass is 499 g/mol. The minimum absolute atomic E-state index is 0.0939. The number of amides is 1. The molecule has 5 atom stereocenters. The molecule has 37 heavy (non-hydrogen) atoms. The quantitative estimate of drug-likeness (QED) is 0.461. The summed E-state index contributed by atoms with van der Waals surface area (Å²) in [6, 6.07) is 16.4. The summed E-state index contributed by atoms with van der Waals surface area (Å²) in [6.45, 7) is 3.82. The Bertz CT molecular complexity index is 1150. The first-order chi connectivity index (χ1) is 18.0. The van der Waals surface area contributed by atoms with E-state index in [2.05, 4.69) is 49.4 Å². The second kappa shape index (κ2) is 11.8. The van der Waals surface area contributed by atoms with E-state index >= 15 is 0 Å². The third-order valence-corrected chi connectivity index (χ3v) is 8.58. The minimum Gasteiger partial charge on any atom is -0.392 e. The predicted octanol–water partition coefficient (Wildman–Crippen LogP) is 5.66. The second-order valence-corrected chi connectivity index (χ2v) is 11.4. The molecule has 3 aliphatic rings. The summed E-state index contributed by atoms with van der Waals surface area (Å²) in [5, 5.41) is 21.3. The summed E-state index contributed by atoms with van der Waals surface area (Å²) < 4.78 is 0. The van der Waals surface area contributed by atoms with E-state index in [0.717, 1.165) is 62.7 Å². The lowest BCUT2D eigenvalue weighted by molar-refractivity contribution is 0.0724. The van der Waals surface area contributed by atoms with Crippen molar-refractivity contribution in [3.05, 3.63) is 94.6 Å². The van der Waals surface area contributed by atoms with E-state index in [1.165, 1.54) is 23.1 Å². The number of carbonyl (C=O) groups is 1. The molecule has 2 aliphatic carbocycles. The van der Waals surface area contributed by atoms with Crippen LogP contribution in [0.2, 0.25) is 0 Å². The molecule has 2 aromatic carbocycles. The number of likely N-dealkylation sites (tertiary alicyclic amines) is 1. The molecule has 4 heteroatoms. The van der Waals surface area contributed by atoms with E-state index in [-0.39, 0.29) is 17.9 Å². The number of carbonyl (C=O) groups excluding carboxylic acids is 1. The molecule has 5 rings (SSSR count). The topological polar surface area (TPSA) is 60.8 Å². The Labute approximate surface area is 221 Å². The highest BCUT2D eigenvalue weighted by atomic mass is 16.3. The van der Waals surface area contributed by atoms with Crippen LogP contribution >= 0.6 is 0 Å². The number of benzene rings is 2. The highest BCUT2D eigenvalue weighted by molar-refractivity contribution is 5.94. The third kappa shape index (κ3) is 6.42. The second-order valence-electron chi connectivity index (χ2n) is 11.4. The standard InChI is InChI=1S/C33H41NO3/c1-23-7-5-9-25(17-23)20-29(35)13-14-30-31-21-26(19-28(31)22-32(30)36)12-11-24-8-6-10-27(18-24)33(37)34-15-3-2-4-16-34/h5-10,13-14,17-19,28-32,35-36H,2-4,11-12,15-16,20-22H2,1H3/t28-,29-,30+,31-,32+/m0/s1. The molecule has 0 spiro atoms. The molecule has 2 fully saturated rings. The molecule has 4 nitrogen and oxygen atoms in total. The fourth-order valence-electron chi connectivity index (χ4n) is 6.64. The molecule has 1 amide bonds. The van der Waals surface area contributed by atoms with Gasteiger partial charge in [-0.2, -0.15) is 0 Å². The number of aryl methyl sites for hydroxylation is 2. The van der Waals surface area contributed by atoms with E-state index in [1.54, 1.807) is 0 Å². The summed E-state index contributed by atoms with van der Waals surface area (Å²) in [7, 11) is 0. The minimum atomic E-state index is -0.540. The van der Waals surface area contributed by atoms with Crippen molar-refractivity contribution < 1.29 is 15.0 Å². The molecule has 0 aromatic heterocycles. The van der Waals surface area contributed by atoms with Crippen LogP contribution in [0.1, 0.15) is 65.6 Å². The zero-order chi connectivity index (χ0) is 25.8. The number of rotatable bonds is 8. The SMILES string of the molecule is Cc1cccc(C[C@@H](O)C=C[C@@H]2[C@H]3CC(CCc4cccc(C(=O)N5CCCCC5)c4)=C[C@H]3C[C@H]2O)c1. The number of hydrogen-bond acceptors (Lipinski definition) is 3. The highest BCUT2D eigenvalue weighted by Crippen LogP contribution is 2.48. The van der Waals surface area contributed by atoms with Crippen molar-refractivity contribution in [3.63, 3.8) is 0 Å². The molecule has 2 aromatic rings. The molecular formula is C33H41NO3. The predicted molar refractivity (Wildman–Crippen MR) is 148 cm³/mol. The Morgan fingerprint density at radius 1 is 1.05 bits per heavy atom. The summed E-state index contributed by atoms with van der Waals surface area (Å²) in [4.78, 5) is 14.9. The number of aliphatic hydroxyl groups excluding tert-OH is 2. The van der Waals surface area contributed by atoms with Crippen molar-refractivity contribution in [2.45, 2.75) is 70.5 Å². The van der Waals surface area contributed by atoms with Crippen molar-refractivity contribution >= 4 is 5.91 Å². The number of nitrogens with zero attached hydrogens (tertiary/aromatic N) is 1. The van der Waals surface area contributed by atoms with Crippen LogP contribution in [0.25, 0.3) is 0 Å². The van der Waals surface area contributed by atoms with Gasteiger partial charge in [-0.25, -0.2) is 0 Å². The van der Waals surface area contributed by atoms with Gasteiger partial charge >= 0.3 is 0 Å². The fraction of sp³-hybridized carbons (Fsp3) is 0.485. The van der Waals surface area contributed by atoms with Gasteiger partial charge < -0.3 is 15.1 Å². The van der Waals surface area contributed by atoms with Crippen LogP contribution in [0.4, 0.5) is 0 Å². The van der Waals surface area contributed by atoms with Crippen molar-refractivity contribution in [1.82, 2.24) is 4.90 Å². The van der Waals surface area contributed by atoms with Gasteiger partial charge in [-0.15, -0.1) is 0 Å². The largest absolute Gasteiger partial charge is 0.392 e. The Hall–Kier alpha value is -2.69. The van der Waals surface area contributed by atoms with Crippen LogP contribution in [0, 0.1) is 24.7 Å². The maximum Gasteiger partial charge on any atom is 0.253 e. The first-order valence-corrected chi connectivity index (χ1v) is 14.1. The summed E-state index contributed by atoms with van der Waals surface area (Å²) in [5.41, 5.74) is 5.83. The van der Waals surface area contributed by atoms with Gasteiger partial charge in [0.25, 0.3) is 5.91 Å². The van der Waals surface area contributed by atoms with E-state index in [0.29, 0.717) is 18.3 Å². The normalized spacial score (nSPS) is 26.4. The highest BCUT2D eigenvalue weighted by Gasteiger charge is 2.43. The average molecular weight is 500 g/mol. The zero-order valence-electron chi connectivity index (χ0n) is 22.1. The van der Waals surface area contributed by atoms with Crippen molar-refractivity contribution in [2.24, 2.45) is 17.8 Å². The van der Waals surface area contributed by atoms with Crippen LogP contribution in [0.3, 0.4) is 0 Å². The van der Waals surface area contributed by atoms with Crippen molar-refractivity contribution in [1.29, 1.82) is 0 Å². The summed E-state index contributed by atoms with van der Waals surface area (Å²) in [5.74, 6) is 1.10. The number of aliphatic hydroxyl groups is 2. The molecule has 1 heterocycles. The van der Waals surface area contributed by atoms with E-state index in [1.807, 2.05) is 29.2 Å². The first-order valence-electron chi connectivity index (χ1n) is 14.1. The Morgan fingerprint density at radius 3 is 2.65 bits per heavy atom. The van der Waals surface area contributed by atoms with E-state index < -0.39 is 6.10 Å². The zero-order valence-corrected chi connectivity index (χ0v) is 22.1. The molecule has 1 saturated heterocycles. The van der Waals surface area contributed by atoms with Gasteiger partial charge in [0.2, 0.25) is 0 Å². The lowest BCUT2D eigenvalue weighted by Gasteiger charge is -2.26. The van der Waals surface area contributed by atoms with Gasteiger partial charge in [-0.1, -0.05) is 65.8 Å². The molecule has 1 aliphatic heterocycles. The van der Waals surface area contributed by atoms with Crippen LogP contribution in [-0.4, -0.2) is 46.3 Å². The van der Waals surface area contributed by atoms with Crippen molar-refractivity contribution in [3.8, 4) is 0 Å². The maximum atomic E-state index is 12.9.